The summed E-state index contributed by atoms with van der Waals surface area (Å²) in [6, 6.07) is 8.07. The summed E-state index contributed by atoms with van der Waals surface area (Å²) in [6.07, 6.45) is 2.00. The molecule has 15 heavy (non-hydrogen) atoms. The fraction of sp³-hybridized carbons (Fsp3) is 0.417. The third kappa shape index (κ3) is 0.960. The van der Waals surface area contributed by atoms with Crippen LogP contribution in [0.4, 0.5) is 5.69 Å². The molecule has 0 radical (unpaired) electrons. The number of carbonyl (C=O) groups is 1. The van der Waals surface area contributed by atoms with Crippen molar-refractivity contribution >= 4 is 11.6 Å². The van der Waals surface area contributed by atoms with Crippen molar-refractivity contribution in [2.24, 2.45) is 0 Å². The van der Waals surface area contributed by atoms with Gasteiger partial charge in [-0.3, -0.25) is 10.1 Å². The van der Waals surface area contributed by atoms with E-state index < -0.39 is 5.54 Å². The summed E-state index contributed by atoms with van der Waals surface area (Å²) in [7, 11) is 1.86. The van der Waals surface area contributed by atoms with Gasteiger partial charge < -0.3 is 4.90 Å². The Labute approximate surface area is 89.1 Å². The number of nitrogens with zero attached hydrogens (tertiary/aromatic N) is 1. The summed E-state index contributed by atoms with van der Waals surface area (Å²) < 4.78 is 0. The lowest BCUT2D eigenvalue weighted by molar-refractivity contribution is -0.123. The van der Waals surface area contributed by atoms with E-state index in [1.54, 1.807) is 4.90 Å². The summed E-state index contributed by atoms with van der Waals surface area (Å²) in [5.74, 6) is 0.196. The van der Waals surface area contributed by atoms with Gasteiger partial charge in [0.2, 0.25) is 0 Å². The third-order valence-electron chi connectivity index (χ3n) is 3.55. The lowest BCUT2D eigenvalue weighted by atomic mass is 9.90. The summed E-state index contributed by atoms with van der Waals surface area (Å²) in [4.78, 5) is 14.0. The average Bonchev–Trinajstić information content (AvgIpc) is 2.83. The van der Waals surface area contributed by atoms with E-state index in [2.05, 4.69) is 11.4 Å². The molecule has 1 spiro atoms. The Morgan fingerprint density at radius 2 is 2.20 bits per heavy atom. The first-order valence-corrected chi connectivity index (χ1v) is 5.38. The SMILES string of the molecule is CN1C(=O)C2(CCCN2)c2ccccc21. The molecule has 1 unspecified atom stereocenters. The highest BCUT2D eigenvalue weighted by Gasteiger charge is 2.50. The van der Waals surface area contributed by atoms with E-state index in [4.69, 9.17) is 0 Å². The first-order valence-electron chi connectivity index (χ1n) is 5.38. The fourth-order valence-corrected chi connectivity index (χ4v) is 2.79. The summed E-state index contributed by atoms with van der Waals surface area (Å²) in [5, 5.41) is 3.38. The number of rotatable bonds is 0. The molecule has 3 heteroatoms. The highest BCUT2D eigenvalue weighted by molar-refractivity contribution is 6.07. The Morgan fingerprint density at radius 1 is 1.40 bits per heavy atom. The van der Waals surface area contributed by atoms with Crippen molar-refractivity contribution in [1.29, 1.82) is 0 Å². The highest BCUT2D eigenvalue weighted by Crippen LogP contribution is 2.43. The largest absolute Gasteiger partial charge is 0.313 e. The molecule has 78 valence electrons. The normalized spacial score (nSPS) is 28.9. The zero-order valence-electron chi connectivity index (χ0n) is 8.79. The smallest absolute Gasteiger partial charge is 0.251 e. The fourth-order valence-electron chi connectivity index (χ4n) is 2.79. The molecule has 0 saturated carbocycles. The molecule has 2 aliphatic heterocycles. The second-order valence-corrected chi connectivity index (χ2v) is 4.32. The first-order chi connectivity index (χ1) is 7.26. The zero-order chi connectivity index (χ0) is 10.5. The summed E-state index contributed by atoms with van der Waals surface area (Å²) >= 11 is 0. The van der Waals surface area contributed by atoms with Crippen LogP contribution in [0.1, 0.15) is 18.4 Å². The lowest BCUT2D eigenvalue weighted by Crippen LogP contribution is -2.45. The standard InChI is InChI=1S/C12H14N2O/c1-14-10-6-3-2-5-9(10)12(11(14)15)7-4-8-13-12/h2-3,5-6,13H,4,7-8H2,1H3. The van der Waals surface area contributed by atoms with Crippen LogP contribution >= 0.6 is 0 Å². The van der Waals surface area contributed by atoms with Crippen molar-refractivity contribution in [3.05, 3.63) is 29.8 Å². The van der Waals surface area contributed by atoms with Crippen LogP contribution in [0.5, 0.6) is 0 Å². The van der Waals surface area contributed by atoms with Crippen LogP contribution in [-0.4, -0.2) is 19.5 Å². The predicted molar refractivity (Wildman–Crippen MR) is 58.8 cm³/mol. The van der Waals surface area contributed by atoms with Gasteiger partial charge >= 0.3 is 0 Å². The van der Waals surface area contributed by atoms with E-state index in [-0.39, 0.29) is 5.91 Å². The van der Waals surface area contributed by atoms with Crippen molar-refractivity contribution in [2.45, 2.75) is 18.4 Å². The maximum atomic E-state index is 12.2. The Morgan fingerprint density at radius 3 is 2.93 bits per heavy atom. The van der Waals surface area contributed by atoms with E-state index in [1.807, 2.05) is 25.2 Å². The second-order valence-electron chi connectivity index (χ2n) is 4.32. The number of amides is 1. The van der Waals surface area contributed by atoms with E-state index in [1.165, 1.54) is 0 Å². The van der Waals surface area contributed by atoms with Crippen LogP contribution in [0.3, 0.4) is 0 Å². The molecule has 0 aromatic heterocycles. The lowest BCUT2D eigenvalue weighted by Gasteiger charge is -2.22. The van der Waals surface area contributed by atoms with Gasteiger partial charge in [0.15, 0.2) is 0 Å². The molecule has 2 aliphatic rings. The average molecular weight is 202 g/mol. The predicted octanol–water partition coefficient (Wildman–Crippen LogP) is 1.24. The van der Waals surface area contributed by atoms with Crippen LogP contribution in [-0.2, 0) is 10.3 Å². The first kappa shape index (κ1) is 8.92. The Kier molecular flexibility index (Phi) is 1.68. The van der Waals surface area contributed by atoms with Gasteiger partial charge in [0, 0.05) is 18.3 Å². The number of likely N-dealkylation sites (N-methyl/N-ethyl adjacent to an activating group) is 1. The minimum Gasteiger partial charge on any atom is -0.313 e. The molecule has 0 aliphatic carbocycles. The van der Waals surface area contributed by atoms with Gasteiger partial charge in [-0.1, -0.05) is 18.2 Å². The minimum atomic E-state index is -0.411. The van der Waals surface area contributed by atoms with Crippen molar-refractivity contribution in [3.8, 4) is 0 Å². The maximum Gasteiger partial charge on any atom is 0.251 e. The van der Waals surface area contributed by atoms with Crippen LogP contribution < -0.4 is 10.2 Å². The Hall–Kier alpha value is -1.35. The van der Waals surface area contributed by atoms with Gasteiger partial charge in [-0.15, -0.1) is 0 Å². The van der Waals surface area contributed by atoms with Gasteiger partial charge in [-0.05, 0) is 25.5 Å². The van der Waals surface area contributed by atoms with E-state index in [0.29, 0.717) is 0 Å². The number of hydrogen-bond donors (Lipinski definition) is 1. The number of para-hydroxylation sites is 1. The number of benzene rings is 1. The van der Waals surface area contributed by atoms with Crippen LogP contribution in [0.15, 0.2) is 24.3 Å². The number of carbonyl (C=O) groups excluding carboxylic acids is 1. The molecular formula is C12H14N2O. The van der Waals surface area contributed by atoms with Gasteiger partial charge in [0.25, 0.3) is 5.91 Å². The summed E-state index contributed by atoms with van der Waals surface area (Å²) in [5.41, 5.74) is 1.79. The van der Waals surface area contributed by atoms with Crippen LogP contribution in [0, 0.1) is 0 Å². The van der Waals surface area contributed by atoms with E-state index in [0.717, 1.165) is 30.6 Å². The molecule has 2 heterocycles. The summed E-state index contributed by atoms with van der Waals surface area (Å²) in [6.45, 7) is 0.938. The van der Waals surface area contributed by atoms with Crippen LogP contribution in [0.25, 0.3) is 0 Å². The van der Waals surface area contributed by atoms with Crippen LogP contribution in [0.2, 0.25) is 0 Å². The molecule has 1 aromatic rings. The second kappa shape index (κ2) is 2.83. The molecule has 1 saturated heterocycles. The van der Waals surface area contributed by atoms with Gasteiger partial charge in [-0.25, -0.2) is 0 Å². The molecule has 1 atom stereocenters. The molecule has 1 N–H and O–H groups in total. The van der Waals surface area contributed by atoms with Crippen molar-refractivity contribution in [3.63, 3.8) is 0 Å². The van der Waals surface area contributed by atoms with Crippen molar-refractivity contribution in [2.75, 3.05) is 18.5 Å². The van der Waals surface area contributed by atoms with E-state index >= 15 is 0 Å². The highest BCUT2D eigenvalue weighted by atomic mass is 16.2. The molecule has 0 bridgehead atoms. The molecule has 1 fully saturated rings. The molecular weight excluding hydrogens is 188 g/mol. The van der Waals surface area contributed by atoms with Gasteiger partial charge in [0.1, 0.15) is 5.54 Å². The molecule has 1 amide bonds. The maximum absolute atomic E-state index is 12.2. The number of anilines is 1. The van der Waals surface area contributed by atoms with Crippen molar-refractivity contribution in [1.82, 2.24) is 5.32 Å². The number of nitrogens with one attached hydrogen (secondary N) is 1. The Balaban J connectivity index is 2.22. The number of fused-ring (bicyclic) bond motifs is 2. The molecule has 3 rings (SSSR count). The minimum absolute atomic E-state index is 0.196. The Bertz CT molecular complexity index is 421. The quantitative estimate of drug-likeness (QED) is 0.686. The monoisotopic (exact) mass is 202 g/mol. The topological polar surface area (TPSA) is 32.3 Å². The third-order valence-corrected chi connectivity index (χ3v) is 3.55. The van der Waals surface area contributed by atoms with Gasteiger partial charge in [-0.2, -0.15) is 0 Å². The molecule has 3 nitrogen and oxygen atoms in total. The van der Waals surface area contributed by atoms with Crippen molar-refractivity contribution < 1.29 is 4.79 Å². The zero-order valence-corrected chi connectivity index (χ0v) is 8.79. The van der Waals surface area contributed by atoms with E-state index in [9.17, 15) is 4.79 Å². The van der Waals surface area contributed by atoms with Gasteiger partial charge in [0.05, 0.1) is 0 Å². The molecule has 1 aromatic carbocycles. The number of hydrogen-bond acceptors (Lipinski definition) is 2.